The van der Waals surface area contributed by atoms with Crippen LogP contribution in [0.1, 0.15) is 55.7 Å². The van der Waals surface area contributed by atoms with Gasteiger partial charge in [0.05, 0.1) is 11.4 Å². The Balaban J connectivity index is 1.42. The fourth-order valence-electron chi connectivity index (χ4n) is 3.85. The largest absolute Gasteiger partial charge is 0.356 e. The second-order valence-electron chi connectivity index (χ2n) is 7.73. The molecule has 144 valence electrons. The average Bonchev–Trinajstić information content (AvgIpc) is 3.33. The van der Waals surface area contributed by atoms with E-state index in [0.717, 1.165) is 54.6 Å². The van der Waals surface area contributed by atoms with Crippen molar-refractivity contribution in [3.8, 4) is 0 Å². The van der Waals surface area contributed by atoms with Crippen LogP contribution in [0.15, 0.2) is 24.5 Å². The van der Waals surface area contributed by atoms with Gasteiger partial charge in [0.15, 0.2) is 11.5 Å². The summed E-state index contributed by atoms with van der Waals surface area (Å²) < 4.78 is 3.73. The third-order valence-electron chi connectivity index (χ3n) is 5.45. The number of hydrogen-bond acceptors (Lipinski definition) is 7. The quantitative estimate of drug-likeness (QED) is 0.541. The first-order chi connectivity index (χ1) is 13.6. The Kier molecular flexibility index (Phi) is 3.96. The van der Waals surface area contributed by atoms with Crippen LogP contribution in [-0.2, 0) is 0 Å². The highest BCUT2D eigenvalue weighted by molar-refractivity contribution is 5.48. The van der Waals surface area contributed by atoms with Gasteiger partial charge in [-0.1, -0.05) is 13.8 Å². The molecule has 0 unspecified atom stereocenters. The highest BCUT2D eigenvalue weighted by Gasteiger charge is 2.27. The third-order valence-corrected chi connectivity index (χ3v) is 5.45. The van der Waals surface area contributed by atoms with Crippen molar-refractivity contribution in [1.82, 2.24) is 39.4 Å². The van der Waals surface area contributed by atoms with E-state index in [9.17, 15) is 0 Å². The molecular formula is C19H23N9. The molecule has 4 aromatic rings. The third kappa shape index (κ3) is 2.78. The molecule has 0 bridgehead atoms. The van der Waals surface area contributed by atoms with Crippen LogP contribution in [0.3, 0.4) is 0 Å². The molecule has 0 aromatic carbocycles. The van der Waals surface area contributed by atoms with Gasteiger partial charge in [-0.2, -0.15) is 24.2 Å². The molecule has 5 rings (SSSR count). The molecule has 0 aliphatic carbocycles. The summed E-state index contributed by atoms with van der Waals surface area (Å²) in [6.45, 7) is 8.13. The zero-order valence-electron chi connectivity index (χ0n) is 16.3. The summed E-state index contributed by atoms with van der Waals surface area (Å²) in [5.41, 5.74) is 2.82. The van der Waals surface area contributed by atoms with Gasteiger partial charge in [0.2, 0.25) is 0 Å². The SMILES string of the molecule is Cc1ccc2nnc(C3CCN(c4cc(C(C)C)nc5ncnn45)CC3)n2n1. The maximum absolute atomic E-state index is 4.62. The molecule has 0 atom stereocenters. The van der Waals surface area contributed by atoms with Gasteiger partial charge in [-0.25, -0.2) is 4.98 Å². The Hall–Kier alpha value is -3.10. The summed E-state index contributed by atoms with van der Waals surface area (Å²) in [5.74, 6) is 3.37. The van der Waals surface area contributed by atoms with Gasteiger partial charge in [0.1, 0.15) is 12.1 Å². The zero-order valence-corrected chi connectivity index (χ0v) is 16.3. The van der Waals surface area contributed by atoms with Crippen LogP contribution in [0, 0.1) is 6.92 Å². The summed E-state index contributed by atoms with van der Waals surface area (Å²) in [6, 6.07) is 6.08. The van der Waals surface area contributed by atoms with Crippen LogP contribution >= 0.6 is 0 Å². The number of aryl methyl sites for hydroxylation is 1. The summed E-state index contributed by atoms with van der Waals surface area (Å²) in [6.07, 6.45) is 3.55. The second kappa shape index (κ2) is 6.50. The molecule has 0 saturated carbocycles. The van der Waals surface area contributed by atoms with Crippen molar-refractivity contribution in [2.75, 3.05) is 18.0 Å². The number of fused-ring (bicyclic) bond motifs is 2. The molecule has 1 fully saturated rings. The van der Waals surface area contributed by atoms with Gasteiger partial charge in [-0.05, 0) is 37.8 Å². The molecule has 9 heteroatoms. The molecule has 9 nitrogen and oxygen atoms in total. The van der Waals surface area contributed by atoms with Crippen molar-refractivity contribution >= 4 is 17.2 Å². The predicted octanol–water partition coefficient (Wildman–Crippen LogP) is 2.38. The van der Waals surface area contributed by atoms with E-state index in [4.69, 9.17) is 0 Å². The molecular weight excluding hydrogens is 354 g/mol. The van der Waals surface area contributed by atoms with Crippen LogP contribution in [0.4, 0.5) is 5.82 Å². The molecule has 0 spiro atoms. The number of anilines is 1. The van der Waals surface area contributed by atoms with Crippen LogP contribution in [0.5, 0.6) is 0 Å². The highest BCUT2D eigenvalue weighted by Crippen LogP contribution is 2.30. The van der Waals surface area contributed by atoms with Crippen molar-refractivity contribution in [3.63, 3.8) is 0 Å². The van der Waals surface area contributed by atoms with Crippen molar-refractivity contribution in [2.45, 2.75) is 45.4 Å². The van der Waals surface area contributed by atoms with Gasteiger partial charge >= 0.3 is 0 Å². The minimum atomic E-state index is 0.342. The highest BCUT2D eigenvalue weighted by atomic mass is 15.4. The van der Waals surface area contributed by atoms with Gasteiger partial charge < -0.3 is 4.90 Å². The Bertz CT molecular complexity index is 1130. The van der Waals surface area contributed by atoms with Crippen LogP contribution in [0.2, 0.25) is 0 Å². The molecule has 0 amide bonds. The van der Waals surface area contributed by atoms with E-state index in [0.29, 0.717) is 17.6 Å². The van der Waals surface area contributed by atoms with Crippen LogP contribution in [-0.4, -0.2) is 52.5 Å². The number of nitrogens with zero attached hydrogens (tertiary/aromatic N) is 9. The van der Waals surface area contributed by atoms with Crippen LogP contribution in [0.25, 0.3) is 11.4 Å². The first-order valence-electron chi connectivity index (χ1n) is 9.75. The molecule has 4 aromatic heterocycles. The lowest BCUT2D eigenvalue weighted by Gasteiger charge is -2.32. The van der Waals surface area contributed by atoms with E-state index in [1.54, 1.807) is 6.33 Å². The zero-order chi connectivity index (χ0) is 19.3. The Labute approximate surface area is 162 Å². The Morgan fingerprint density at radius 2 is 1.89 bits per heavy atom. The summed E-state index contributed by atoms with van der Waals surface area (Å²) in [5, 5.41) is 17.7. The molecule has 1 aliphatic heterocycles. The number of rotatable bonds is 3. The monoisotopic (exact) mass is 377 g/mol. The summed E-state index contributed by atoms with van der Waals surface area (Å²) >= 11 is 0. The summed E-state index contributed by atoms with van der Waals surface area (Å²) in [7, 11) is 0. The van der Waals surface area contributed by atoms with Crippen molar-refractivity contribution < 1.29 is 0 Å². The number of piperidine rings is 1. The maximum atomic E-state index is 4.62. The number of aromatic nitrogens is 8. The molecule has 0 radical (unpaired) electrons. The van der Waals surface area contributed by atoms with E-state index in [-0.39, 0.29) is 0 Å². The van der Waals surface area contributed by atoms with E-state index < -0.39 is 0 Å². The fourth-order valence-corrected chi connectivity index (χ4v) is 3.85. The smallest absolute Gasteiger partial charge is 0.254 e. The maximum Gasteiger partial charge on any atom is 0.254 e. The molecule has 5 heterocycles. The fraction of sp³-hybridized carbons (Fsp3) is 0.474. The normalized spacial score (nSPS) is 15.9. The Morgan fingerprint density at radius 1 is 1.07 bits per heavy atom. The van der Waals surface area contributed by atoms with E-state index in [2.05, 4.69) is 55.2 Å². The first-order valence-corrected chi connectivity index (χ1v) is 9.75. The van der Waals surface area contributed by atoms with Gasteiger partial charge in [-0.15, -0.1) is 10.2 Å². The van der Waals surface area contributed by atoms with E-state index in [1.165, 1.54) is 0 Å². The van der Waals surface area contributed by atoms with Gasteiger partial charge in [0, 0.05) is 25.1 Å². The molecule has 28 heavy (non-hydrogen) atoms. The lowest BCUT2D eigenvalue weighted by molar-refractivity contribution is 0.472. The van der Waals surface area contributed by atoms with Crippen molar-refractivity contribution in [1.29, 1.82) is 0 Å². The Morgan fingerprint density at radius 3 is 2.68 bits per heavy atom. The summed E-state index contributed by atoms with van der Waals surface area (Å²) in [4.78, 5) is 11.3. The number of hydrogen-bond donors (Lipinski definition) is 0. The second-order valence-corrected chi connectivity index (χ2v) is 7.73. The van der Waals surface area contributed by atoms with Crippen molar-refractivity contribution in [3.05, 3.63) is 41.7 Å². The topological polar surface area (TPSA) is 89.4 Å². The van der Waals surface area contributed by atoms with Gasteiger partial charge in [0.25, 0.3) is 5.78 Å². The van der Waals surface area contributed by atoms with E-state index >= 15 is 0 Å². The van der Waals surface area contributed by atoms with Crippen LogP contribution < -0.4 is 4.90 Å². The predicted molar refractivity (Wildman–Crippen MR) is 105 cm³/mol. The molecule has 1 saturated heterocycles. The lowest BCUT2D eigenvalue weighted by atomic mass is 9.96. The standard InChI is InChI=1S/C19H23N9/c1-12(2)15-10-17(28-19(22-15)20-11-21-28)26-8-6-14(7-9-26)18-24-23-16-5-4-13(3)25-27(16)18/h4-5,10-12,14H,6-9H2,1-3H3. The first kappa shape index (κ1) is 17.0. The van der Waals surface area contributed by atoms with E-state index in [1.807, 2.05) is 28.1 Å². The minimum absolute atomic E-state index is 0.342. The lowest BCUT2D eigenvalue weighted by Crippen LogP contribution is -2.35. The van der Waals surface area contributed by atoms with Gasteiger partial charge in [-0.3, -0.25) is 0 Å². The van der Waals surface area contributed by atoms with Crippen molar-refractivity contribution in [2.24, 2.45) is 0 Å². The minimum Gasteiger partial charge on any atom is -0.356 e. The molecule has 1 aliphatic rings. The molecule has 0 N–H and O–H groups in total. The average molecular weight is 377 g/mol.